The van der Waals surface area contributed by atoms with Crippen LogP contribution in [0.1, 0.15) is 16.8 Å². The molecule has 25 heavy (non-hydrogen) atoms. The number of nitrogens with zero attached hydrogens (tertiary/aromatic N) is 4. The van der Waals surface area contributed by atoms with Gasteiger partial charge in [0.15, 0.2) is 0 Å². The number of fused-ring (bicyclic) bond motifs is 1. The SMILES string of the molecule is Cn1cc(C(=O)N2CCCO[C@H](Cn3cccn3)C2)c2ccccc21. The van der Waals surface area contributed by atoms with Crippen LogP contribution in [0.3, 0.4) is 0 Å². The molecule has 0 radical (unpaired) electrons. The molecule has 2 aromatic heterocycles. The second-order valence-corrected chi connectivity index (χ2v) is 6.50. The second-order valence-electron chi connectivity index (χ2n) is 6.50. The molecule has 1 atom stereocenters. The molecule has 6 heteroatoms. The summed E-state index contributed by atoms with van der Waals surface area (Å²) in [6.45, 7) is 2.64. The summed E-state index contributed by atoms with van der Waals surface area (Å²) >= 11 is 0. The lowest BCUT2D eigenvalue weighted by Crippen LogP contribution is -2.38. The number of carbonyl (C=O) groups is 1. The van der Waals surface area contributed by atoms with Crippen LogP contribution in [0.4, 0.5) is 0 Å². The molecule has 1 aliphatic rings. The van der Waals surface area contributed by atoms with E-state index in [1.807, 2.05) is 63.9 Å². The summed E-state index contributed by atoms with van der Waals surface area (Å²) in [5.74, 6) is 0.0766. The summed E-state index contributed by atoms with van der Waals surface area (Å²) in [6, 6.07) is 9.92. The normalized spacial score (nSPS) is 18.4. The summed E-state index contributed by atoms with van der Waals surface area (Å²) in [5, 5.41) is 5.25. The average molecular weight is 338 g/mol. The molecular formula is C19H22N4O2. The maximum Gasteiger partial charge on any atom is 0.256 e. The Morgan fingerprint density at radius 2 is 2.20 bits per heavy atom. The van der Waals surface area contributed by atoms with Crippen LogP contribution in [-0.2, 0) is 18.3 Å². The highest BCUT2D eigenvalue weighted by atomic mass is 16.5. The Labute approximate surface area is 146 Å². The van der Waals surface area contributed by atoms with E-state index in [1.54, 1.807) is 6.20 Å². The molecule has 0 unspecified atom stereocenters. The number of aryl methyl sites for hydroxylation is 1. The maximum absolute atomic E-state index is 13.2. The van der Waals surface area contributed by atoms with Crippen LogP contribution in [0.25, 0.3) is 10.9 Å². The Morgan fingerprint density at radius 3 is 3.04 bits per heavy atom. The van der Waals surface area contributed by atoms with E-state index in [2.05, 4.69) is 5.10 Å². The smallest absolute Gasteiger partial charge is 0.256 e. The Hall–Kier alpha value is -2.60. The Bertz CT molecular complexity index is 869. The summed E-state index contributed by atoms with van der Waals surface area (Å²) in [4.78, 5) is 15.1. The zero-order chi connectivity index (χ0) is 17.2. The lowest BCUT2D eigenvalue weighted by Gasteiger charge is -2.24. The van der Waals surface area contributed by atoms with E-state index in [-0.39, 0.29) is 12.0 Å². The summed E-state index contributed by atoms with van der Waals surface area (Å²) in [6.07, 6.45) is 6.43. The third-order valence-corrected chi connectivity index (χ3v) is 4.71. The van der Waals surface area contributed by atoms with Gasteiger partial charge in [-0.15, -0.1) is 0 Å². The van der Waals surface area contributed by atoms with Crippen molar-refractivity contribution in [1.29, 1.82) is 0 Å². The molecule has 0 spiro atoms. The van der Waals surface area contributed by atoms with E-state index < -0.39 is 0 Å². The first kappa shape index (κ1) is 15.9. The van der Waals surface area contributed by atoms with Crippen molar-refractivity contribution in [2.75, 3.05) is 19.7 Å². The lowest BCUT2D eigenvalue weighted by molar-refractivity contribution is 0.0368. The van der Waals surface area contributed by atoms with Gasteiger partial charge in [-0.2, -0.15) is 5.10 Å². The second kappa shape index (κ2) is 6.72. The number of ether oxygens (including phenoxy) is 1. The van der Waals surface area contributed by atoms with Gasteiger partial charge in [0.25, 0.3) is 5.91 Å². The Balaban J connectivity index is 1.57. The molecule has 0 bridgehead atoms. The van der Waals surface area contributed by atoms with Crippen LogP contribution >= 0.6 is 0 Å². The van der Waals surface area contributed by atoms with Crippen molar-refractivity contribution in [3.8, 4) is 0 Å². The molecule has 6 nitrogen and oxygen atoms in total. The molecule has 0 N–H and O–H groups in total. The Kier molecular flexibility index (Phi) is 4.28. The number of rotatable bonds is 3. The predicted octanol–water partition coefficient (Wildman–Crippen LogP) is 2.31. The third-order valence-electron chi connectivity index (χ3n) is 4.71. The monoisotopic (exact) mass is 338 g/mol. The van der Waals surface area contributed by atoms with E-state index in [4.69, 9.17) is 4.74 Å². The van der Waals surface area contributed by atoms with E-state index in [0.717, 1.165) is 29.4 Å². The fourth-order valence-corrected chi connectivity index (χ4v) is 3.49. The van der Waals surface area contributed by atoms with Gasteiger partial charge in [-0.05, 0) is 18.6 Å². The molecule has 3 aromatic rings. The molecule has 1 amide bonds. The van der Waals surface area contributed by atoms with Crippen molar-refractivity contribution in [3.63, 3.8) is 0 Å². The van der Waals surface area contributed by atoms with Crippen molar-refractivity contribution < 1.29 is 9.53 Å². The van der Waals surface area contributed by atoms with Crippen LogP contribution in [0.5, 0.6) is 0 Å². The fourth-order valence-electron chi connectivity index (χ4n) is 3.49. The number of amides is 1. The van der Waals surface area contributed by atoms with E-state index in [0.29, 0.717) is 19.7 Å². The van der Waals surface area contributed by atoms with Gasteiger partial charge in [-0.1, -0.05) is 18.2 Å². The van der Waals surface area contributed by atoms with E-state index >= 15 is 0 Å². The zero-order valence-corrected chi connectivity index (χ0v) is 14.3. The minimum Gasteiger partial charge on any atom is -0.374 e. The highest BCUT2D eigenvalue weighted by Gasteiger charge is 2.25. The molecular weight excluding hydrogens is 316 g/mol. The number of benzene rings is 1. The van der Waals surface area contributed by atoms with Crippen molar-refractivity contribution in [1.82, 2.24) is 19.2 Å². The zero-order valence-electron chi connectivity index (χ0n) is 14.3. The minimum absolute atomic E-state index is 0.0404. The van der Waals surface area contributed by atoms with Crippen molar-refractivity contribution in [2.24, 2.45) is 7.05 Å². The minimum atomic E-state index is -0.0404. The van der Waals surface area contributed by atoms with E-state index in [9.17, 15) is 4.79 Å². The van der Waals surface area contributed by atoms with Gasteiger partial charge in [0.05, 0.1) is 18.2 Å². The number of para-hydroxylation sites is 1. The number of hydrogen-bond acceptors (Lipinski definition) is 3. The van der Waals surface area contributed by atoms with Gasteiger partial charge in [-0.3, -0.25) is 9.48 Å². The molecule has 130 valence electrons. The molecule has 1 fully saturated rings. The van der Waals surface area contributed by atoms with Crippen molar-refractivity contribution >= 4 is 16.8 Å². The Morgan fingerprint density at radius 1 is 1.32 bits per heavy atom. The molecule has 4 rings (SSSR count). The summed E-state index contributed by atoms with van der Waals surface area (Å²) in [5.41, 5.74) is 1.84. The molecule has 3 heterocycles. The van der Waals surface area contributed by atoms with Gasteiger partial charge in [-0.25, -0.2) is 0 Å². The van der Waals surface area contributed by atoms with Crippen LogP contribution < -0.4 is 0 Å². The first-order chi connectivity index (χ1) is 12.2. The van der Waals surface area contributed by atoms with Crippen LogP contribution in [-0.4, -0.2) is 51.0 Å². The average Bonchev–Trinajstić information content (AvgIpc) is 3.17. The molecule has 1 aromatic carbocycles. The summed E-state index contributed by atoms with van der Waals surface area (Å²) < 4.78 is 9.80. The quantitative estimate of drug-likeness (QED) is 0.736. The van der Waals surface area contributed by atoms with Crippen LogP contribution in [0, 0.1) is 0 Å². The topological polar surface area (TPSA) is 52.3 Å². The van der Waals surface area contributed by atoms with Crippen LogP contribution in [0.15, 0.2) is 48.9 Å². The highest BCUT2D eigenvalue weighted by molar-refractivity contribution is 6.07. The predicted molar refractivity (Wildman–Crippen MR) is 95.4 cm³/mol. The van der Waals surface area contributed by atoms with Crippen molar-refractivity contribution in [2.45, 2.75) is 19.1 Å². The standard InChI is InChI=1S/C19H22N4O2/c1-21-14-17(16-6-2-3-7-18(16)21)19(24)22-9-5-11-25-15(12-22)13-23-10-4-8-20-23/h2-4,6-8,10,14-15H,5,9,11-13H2,1H3/t15-/m0/s1. The largest absolute Gasteiger partial charge is 0.374 e. The first-order valence-corrected chi connectivity index (χ1v) is 8.65. The number of hydrogen-bond donors (Lipinski definition) is 0. The van der Waals surface area contributed by atoms with Gasteiger partial charge in [0, 0.05) is 56.2 Å². The molecule has 0 saturated carbocycles. The van der Waals surface area contributed by atoms with E-state index in [1.165, 1.54) is 0 Å². The molecule has 1 saturated heterocycles. The molecule has 1 aliphatic heterocycles. The highest BCUT2D eigenvalue weighted by Crippen LogP contribution is 2.22. The molecule has 0 aliphatic carbocycles. The summed E-state index contributed by atoms with van der Waals surface area (Å²) in [7, 11) is 1.98. The third kappa shape index (κ3) is 3.17. The maximum atomic E-state index is 13.2. The van der Waals surface area contributed by atoms with Gasteiger partial charge < -0.3 is 14.2 Å². The van der Waals surface area contributed by atoms with Gasteiger partial charge >= 0.3 is 0 Å². The number of aromatic nitrogens is 3. The van der Waals surface area contributed by atoms with Crippen LogP contribution in [0.2, 0.25) is 0 Å². The number of carbonyl (C=O) groups excluding carboxylic acids is 1. The van der Waals surface area contributed by atoms with Crippen molar-refractivity contribution in [3.05, 3.63) is 54.5 Å². The van der Waals surface area contributed by atoms with Gasteiger partial charge in [0.2, 0.25) is 0 Å². The first-order valence-electron chi connectivity index (χ1n) is 8.65. The fraction of sp³-hybridized carbons (Fsp3) is 0.368. The van der Waals surface area contributed by atoms with Gasteiger partial charge in [0.1, 0.15) is 0 Å². The lowest BCUT2D eigenvalue weighted by atomic mass is 10.1.